The molecular formula is C44H60O4Si2. The van der Waals surface area contributed by atoms with Gasteiger partial charge in [-0.25, -0.2) is 0 Å². The highest BCUT2D eigenvalue weighted by Gasteiger charge is 2.59. The second kappa shape index (κ2) is 15.8. The van der Waals surface area contributed by atoms with Crippen molar-refractivity contribution in [1.29, 1.82) is 0 Å². The van der Waals surface area contributed by atoms with Gasteiger partial charge < -0.3 is 18.6 Å². The van der Waals surface area contributed by atoms with Gasteiger partial charge in [0.15, 0.2) is 0 Å². The Balaban J connectivity index is 1.41. The van der Waals surface area contributed by atoms with E-state index in [1.807, 2.05) is 6.08 Å². The summed E-state index contributed by atoms with van der Waals surface area (Å²) in [6.45, 7) is 20.1. The number of benzene rings is 3. The first-order chi connectivity index (χ1) is 24.2. The van der Waals surface area contributed by atoms with Gasteiger partial charge in [0, 0.05) is 11.8 Å². The van der Waals surface area contributed by atoms with Gasteiger partial charge in [-0.15, -0.1) is 0 Å². The SMILES string of the molecule is C=CCOc1ccc2c(c1)CC[C@H]1C2=C(O[Si](CC)(CC)CC)C[C@@H]2C[C@@H]([Si](C)(C)c3ccccc3)C[C@H](OCOCc3ccccc3)[C@@]21C. The maximum Gasteiger partial charge on any atom is 0.250 e. The van der Waals surface area contributed by atoms with E-state index < -0.39 is 16.4 Å². The lowest BCUT2D eigenvalue weighted by molar-refractivity contribution is -0.172. The number of allylic oxidation sites excluding steroid dienone is 2. The van der Waals surface area contributed by atoms with Crippen molar-refractivity contribution in [3.63, 3.8) is 0 Å². The molecule has 0 aromatic heterocycles. The van der Waals surface area contributed by atoms with Gasteiger partial charge in [-0.1, -0.05) is 125 Å². The zero-order valence-electron chi connectivity index (χ0n) is 31.5. The molecule has 0 saturated heterocycles. The minimum Gasteiger partial charge on any atom is -0.546 e. The number of hydrogen-bond acceptors (Lipinski definition) is 4. The number of hydrogen-bond donors (Lipinski definition) is 0. The molecule has 3 aromatic carbocycles. The van der Waals surface area contributed by atoms with Crippen molar-refractivity contribution >= 4 is 27.2 Å². The Morgan fingerprint density at radius 2 is 1.60 bits per heavy atom. The summed E-state index contributed by atoms with van der Waals surface area (Å²) in [5.74, 6) is 3.07. The van der Waals surface area contributed by atoms with Crippen LogP contribution in [-0.4, -0.2) is 35.9 Å². The molecule has 3 aliphatic carbocycles. The lowest BCUT2D eigenvalue weighted by atomic mass is 9.51. The average molecular weight is 709 g/mol. The summed E-state index contributed by atoms with van der Waals surface area (Å²) in [7, 11) is -3.76. The molecule has 3 aromatic rings. The molecule has 0 amide bonds. The molecule has 1 saturated carbocycles. The van der Waals surface area contributed by atoms with E-state index in [1.165, 1.54) is 34.4 Å². The van der Waals surface area contributed by atoms with E-state index in [-0.39, 0.29) is 11.5 Å². The molecule has 0 radical (unpaired) electrons. The van der Waals surface area contributed by atoms with E-state index in [4.69, 9.17) is 18.6 Å². The zero-order valence-corrected chi connectivity index (χ0v) is 33.5. The van der Waals surface area contributed by atoms with E-state index in [2.05, 4.69) is 126 Å². The smallest absolute Gasteiger partial charge is 0.250 e. The van der Waals surface area contributed by atoms with Crippen LogP contribution in [0.15, 0.2) is 97.3 Å². The van der Waals surface area contributed by atoms with Gasteiger partial charge in [-0.3, -0.25) is 0 Å². The summed E-state index contributed by atoms with van der Waals surface area (Å²) in [5.41, 5.74) is 5.97. The van der Waals surface area contributed by atoms with Crippen LogP contribution in [-0.2, 0) is 26.9 Å². The fraction of sp³-hybridized carbons (Fsp3) is 0.500. The summed E-state index contributed by atoms with van der Waals surface area (Å²) in [5, 5.41) is 1.55. The van der Waals surface area contributed by atoms with E-state index in [9.17, 15) is 0 Å². The molecule has 0 N–H and O–H groups in total. The highest BCUT2D eigenvalue weighted by atomic mass is 28.4. The topological polar surface area (TPSA) is 36.9 Å². The quantitative estimate of drug-likeness (QED) is 0.0682. The minimum atomic E-state index is -1.93. The largest absolute Gasteiger partial charge is 0.546 e. The van der Waals surface area contributed by atoms with Crippen LogP contribution in [0.3, 0.4) is 0 Å². The van der Waals surface area contributed by atoms with Gasteiger partial charge in [0.1, 0.15) is 19.1 Å². The Morgan fingerprint density at radius 1 is 0.900 bits per heavy atom. The molecule has 6 rings (SSSR count). The third-order valence-corrected chi connectivity index (χ3v) is 22.1. The number of fused-ring (bicyclic) bond motifs is 5. The first-order valence-corrected chi connectivity index (χ1v) is 24.9. The van der Waals surface area contributed by atoms with Crippen LogP contribution >= 0.6 is 0 Å². The number of aryl methyl sites for hydroxylation is 1. The van der Waals surface area contributed by atoms with Crippen LogP contribution in [0.4, 0.5) is 0 Å². The summed E-state index contributed by atoms with van der Waals surface area (Å²) >= 11 is 0. The predicted octanol–water partition coefficient (Wildman–Crippen LogP) is 10.9. The molecule has 6 heteroatoms. The van der Waals surface area contributed by atoms with Gasteiger partial charge in [0.25, 0.3) is 0 Å². The monoisotopic (exact) mass is 708 g/mol. The van der Waals surface area contributed by atoms with Gasteiger partial charge >= 0.3 is 0 Å². The summed E-state index contributed by atoms with van der Waals surface area (Å²) in [6, 6.07) is 32.0. The van der Waals surface area contributed by atoms with Crippen LogP contribution in [0.5, 0.6) is 5.75 Å². The molecular weight excluding hydrogens is 649 g/mol. The first-order valence-electron chi connectivity index (χ1n) is 19.3. The predicted molar refractivity (Wildman–Crippen MR) is 213 cm³/mol. The number of ether oxygens (including phenoxy) is 3. The molecule has 0 spiro atoms. The Bertz CT molecular complexity index is 1610. The van der Waals surface area contributed by atoms with Crippen molar-refractivity contribution in [2.24, 2.45) is 17.3 Å². The molecule has 268 valence electrons. The standard InChI is InChI=1S/C44H60O4Si2/c1-8-26-46-36-23-24-39-34(27-36)22-25-40-43(39)41(48-50(9-2,10-3)11-4)29-35-28-38(49(6,7)37-20-16-13-17-21-37)30-42(44(35,40)5)47-32-45-31-33-18-14-12-15-19-33/h8,12-21,23-24,27,35,38,40,42H,1,9-11,22,25-26,28-32H2,2-7H3/t35-,38+,40-,42-,44-/m0/s1. The summed E-state index contributed by atoms with van der Waals surface area (Å²) in [6.07, 6.45) is 7.35. The van der Waals surface area contributed by atoms with Crippen molar-refractivity contribution in [3.8, 4) is 5.75 Å². The van der Waals surface area contributed by atoms with E-state index in [1.54, 1.807) is 5.19 Å². The molecule has 0 bridgehead atoms. The van der Waals surface area contributed by atoms with Crippen LogP contribution in [0, 0.1) is 17.3 Å². The maximum absolute atomic E-state index is 7.55. The Kier molecular flexibility index (Phi) is 11.6. The lowest BCUT2D eigenvalue weighted by Crippen LogP contribution is -2.58. The van der Waals surface area contributed by atoms with Crippen LogP contribution in [0.25, 0.3) is 5.57 Å². The molecule has 5 atom stereocenters. The van der Waals surface area contributed by atoms with Crippen molar-refractivity contribution in [2.75, 3.05) is 13.4 Å². The second-order valence-electron chi connectivity index (χ2n) is 15.8. The van der Waals surface area contributed by atoms with Crippen molar-refractivity contribution < 1.29 is 18.6 Å². The van der Waals surface area contributed by atoms with Gasteiger partial charge in [-0.05, 0) is 95.6 Å². The molecule has 3 aliphatic rings. The Hall–Kier alpha value is -2.91. The average Bonchev–Trinajstić information content (AvgIpc) is 3.15. The normalized spacial score (nSPS) is 24.9. The second-order valence-corrected chi connectivity index (χ2v) is 25.4. The fourth-order valence-electron chi connectivity index (χ4n) is 9.63. The van der Waals surface area contributed by atoms with Crippen LogP contribution in [0.2, 0.25) is 36.8 Å². The number of rotatable bonds is 15. The van der Waals surface area contributed by atoms with Crippen LogP contribution in [0.1, 0.15) is 70.1 Å². The fourth-order valence-corrected chi connectivity index (χ4v) is 15.5. The molecule has 0 heterocycles. The third kappa shape index (κ3) is 7.23. The summed E-state index contributed by atoms with van der Waals surface area (Å²) in [4.78, 5) is 0. The van der Waals surface area contributed by atoms with Crippen molar-refractivity contribution in [2.45, 2.75) is 109 Å². The van der Waals surface area contributed by atoms with Gasteiger partial charge in [0.05, 0.1) is 26.5 Å². The first kappa shape index (κ1) is 36.9. The Labute approximate surface area is 304 Å². The highest BCUT2D eigenvalue weighted by molar-refractivity contribution is 6.91. The molecule has 0 unspecified atom stereocenters. The summed E-state index contributed by atoms with van der Waals surface area (Å²) < 4.78 is 26.9. The molecule has 0 aliphatic heterocycles. The van der Waals surface area contributed by atoms with Gasteiger partial charge in [-0.2, -0.15) is 0 Å². The Morgan fingerprint density at radius 3 is 2.28 bits per heavy atom. The van der Waals surface area contributed by atoms with Gasteiger partial charge in [0.2, 0.25) is 8.32 Å². The van der Waals surface area contributed by atoms with E-state index >= 15 is 0 Å². The molecule has 1 fully saturated rings. The van der Waals surface area contributed by atoms with Crippen LogP contribution < -0.4 is 9.92 Å². The lowest BCUT2D eigenvalue weighted by Gasteiger charge is -2.59. The highest BCUT2D eigenvalue weighted by Crippen LogP contribution is 2.64. The molecule has 50 heavy (non-hydrogen) atoms. The van der Waals surface area contributed by atoms with E-state index in [0.717, 1.165) is 49.6 Å². The van der Waals surface area contributed by atoms with E-state index in [0.29, 0.717) is 37.4 Å². The zero-order chi connectivity index (χ0) is 35.4. The minimum absolute atomic E-state index is 0.0273. The third-order valence-electron chi connectivity index (χ3n) is 13.2. The van der Waals surface area contributed by atoms with Crippen molar-refractivity contribution in [3.05, 3.63) is 114 Å². The molecule has 4 nitrogen and oxygen atoms in total. The maximum atomic E-state index is 7.55. The van der Waals surface area contributed by atoms with Crippen molar-refractivity contribution in [1.82, 2.24) is 0 Å².